The first-order valence-electron chi connectivity index (χ1n) is 25.9. The lowest BCUT2D eigenvalue weighted by molar-refractivity contribution is 0.397. The van der Waals surface area contributed by atoms with Crippen molar-refractivity contribution in [2.24, 2.45) is 0 Å². The molecule has 0 amide bonds. The van der Waals surface area contributed by atoms with E-state index in [2.05, 4.69) is 20.8 Å². The maximum atomic E-state index is 14.2. The maximum Gasteiger partial charge on any atom is 0.237 e. The van der Waals surface area contributed by atoms with E-state index < -0.39 is 8.32 Å². The van der Waals surface area contributed by atoms with E-state index in [0.29, 0.717) is 0 Å². The van der Waals surface area contributed by atoms with Crippen LogP contribution in [0.1, 0.15) is 310 Å². The summed E-state index contributed by atoms with van der Waals surface area (Å²) in [5.41, 5.74) is 0. The van der Waals surface area contributed by atoms with Crippen LogP contribution in [0.5, 0.6) is 0 Å². The predicted molar refractivity (Wildman–Crippen MR) is 246 cm³/mol. The summed E-state index contributed by atoms with van der Waals surface area (Å²) >= 11 is 0. The standard InChI is InChI=1S/C51H105OSi/c1-4-7-10-13-16-19-22-25-28-31-34-37-40-43-46-49-53(52,50-47-44-41-38-35-32-29-26-23-20-17-14-11-8-5-2)51-48-45-42-39-36-33-30-27-24-21-18-15-12-9-6-3/h4-51H2,1-3H3. The molecule has 0 aliphatic heterocycles. The highest BCUT2D eigenvalue weighted by Crippen LogP contribution is 2.29. The van der Waals surface area contributed by atoms with Gasteiger partial charge < -0.3 is 0 Å². The first-order valence-corrected chi connectivity index (χ1v) is 28.4. The van der Waals surface area contributed by atoms with Crippen LogP contribution in [0.25, 0.3) is 0 Å². The first-order chi connectivity index (χ1) is 26.2. The Morgan fingerprint density at radius 2 is 0.302 bits per heavy atom. The number of rotatable bonds is 48. The molecule has 53 heavy (non-hydrogen) atoms. The van der Waals surface area contributed by atoms with Crippen LogP contribution in [0.15, 0.2) is 0 Å². The minimum Gasteiger partial charge on any atom is -0.297 e. The minimum absolute atomic E-state index is 1.09. The third-order valence-electron chi connectivity index (χ3n) is 12.7. The lowest BCUT2D eigenvalue weighted by atomic mass is 10.0. The van der Waals surface area contributed by atoms with Gasteiger partial charge in [0, 0.05) is 0 Å². The number of hydrogen-bond donors (Lipinski definition) is 0. The van der Waals surface area contributed by atoms with Crippen molar-refractivity contribution < 1.29 is 4.80 Å². The van der Waals surface area contributed by atoms with Crippen LogP contribution in [0, 0.1) is 0 Å². The highest BCUT2D eigenvalue weighted by atomic mass is 28.4. The minimum atomic E-state index is -2.31. The summed E-state index contributed by atoms with van der Waals surface area (Å²) in [7, 11) is -2.31. The summed E-state index contributed by atoms with van der Waals surface area (Å²) in [5, 5.41) is 0. The van der Waals surface area contributed by atoms with E-state index in [-0.39, 0.29) is 0 Å². The van der Waals surface area contributed by atoms with E-state index in [1.54, 1.807) is 0 Å². The molecule has 0 heterocycles. The zero-order chi connectivity index (χ0) is 38.4. The highest BCUT2D eigenvalue weighted by molar-refractivity contribution is 6.72. The molecule has 0 N–H and O–H groups in total. The molecule has 0 atom stereocenters. The Balaban J connectivity index is 4.07. The van der Waals surface area contributed by atoms with Crippen LogP contribution < -0.4 is 0 Å². The van der Waals surface area contributed by atoms with Crippen molar-refractivity contribution >= 4 is 8.32 Å². The molecule has 0 aromatic rings. The lowest BCUT2D eigenvalue weighted by Gasteiger charge is -2.23. The lowest BCUT2D eigenvalue weighted by Crippen LogP contribution is -2.32. The van der Waals surface area contributed by atoms with Crippen LogP contribution in [0.4, 0.5) is 0 Å². The van der Waals surface area contributed by atoms with E-state index in [1.807, 2.05) is 0 Å². The Labute approximate surface area is 339 Å². The fourth-order valence-electron chi connectivity index (χ4n) is 8.83. The van der Waals surface area contributed by atoms with Gasteiger partial charge in [0.1, 0.15) is 0 Å². The van der Waals surface area contributed by atoms with Crippen LogP contribution in [0.2, 0.25) is 18.1 Å². The van der Waals surface area contributed by atoms with Crippen molar-refractivity contribution in [3.05, 3.63) is 0 Å². The van der Waals surface area contributed by atoms with Crippen molar-refractivity contribution in [2.75, 3.05) is 0 Å². The Morgan fingerprint density at radius 3 is 0.434 bits per heavy atom. The largest absolute Gasteiger partial charge is 0.297 e. The van der Waals surface area contributed by atoms with Crippen molar-refractivity contribution in [3.63, 3.8) is 0 Å². The second kappa shape index (κ2) is 46.6. The molecule has 0 fully saturated rings. The van der Waals surface area contributed by atoms with Gasteiger partial charge in [-0.05, 0) is 18.1 Å². The van der Waals surface area contributed by atoms with E-state index in [4.69, 9.17) is 0 Å². The smallest absolute Gasteiger partial charge is 0.237 e. The van der Waals surface area contributed by atoms with Gasteiger partial charge >= 0.3 is 0 Å². The first kappa shape index (κ1) is 53.2. The molecule has 0 aromatic carbocycles. The van der Waals surface area contributed by atoms with Gasteiger partial charge in [-0.1, -0.05) is 310 Å². The zero-order valence-corrected chi connectivity index (χ0v) is 38.8. The average Bonchev–Trinajstić information content (AvgIpc) is 3.16. The molecule has 0 saturated carbocycles. The Morgan fingerprint density at radius 1 is 0.189 bits per heavy atom. The second-order valence-corrected chi connectivity index (χ2v) is 22.1. The van der Waals surface area contributed by atoms with Crippen LogP contribution >= 0.6 is 0 Å². The van der Waals surface area contributed by atoms with Gasteiger partial charge in [0.15, 0.2) is 0 Å². The quantitative estimate of drug-likeness (QED) is 0.0435. The summed E-state index contributed by atoms with van der Waals surface area (Å²) < 4.78 is 0. The van der Waals surface area contributed by atoms with Gasteiger partial charge in [0.2, 0.25) is 8.32 Å². The molecule has 2 heteroatoms. The highest BCUT2D eigenvalue weighted by Gasteiger charge is 2.31. The van der Waals surface area contributed by atoms with Crippen molar-refractivity contribution in [2.45, 2.75) is 328 Å². The molecule has 0 unspecified atom stereocenters. The van der Waals surface area contributed by atoms with Crippen LogP contribution in [-0.4, -0.2) is 8.32 Å². The molecule has 0 rings (SSSR count). The summed E-state index contributed by atoms with van der Waals surface area (Å²) in [5.74, 6) is 0. The molecule has 1 radical (unpaired) electrons. The second-order valence-electron chi connectivity index (χ2n) is 18.3. The van der Waals surface area contributed by atoms with Gasteiger partial charge in [-0.15, -0.1) is 0 Å². The molecule has 319 valence electrons. The third-order valence-corrected chi connectivity index (χ3v) is 16.5. The van der Waals surface area contributed by atoms with Crippen molar-refractivity contribution in [1.82, 2.24) is 0 Å². The van der Waals surface area contributed by atoms with Gasteiger partial charge in [-0.3, -0.25) is 4.80 Å². The van der Waals surface area contributed by atoms with Crippen LogP contribution in [-0.2, 0) is 4.80 Å². The SMILES string of the molecule is CCCCCCCCCCCCCCCCC[Si]([O])(CCCCCCCCCCCCCCCCC)CCCCCCCCCCCCCCCCC. The van der Waals surface area contributed by atoms with Gasteiger partial charge in [0.25, 0.3) is 0 Å². The van der Waals surface area contributed by atoms with Crippen molar-refractivity contribution in [1.29, 1.82) is 0 Å². The fraction of sp³-hybridized carbons (Fsp3) is 1.00. The molecule has 1 nitrogen and oxygen atoms in total. The topological polar surface area (TPSA) is 19.9 Å². The molecular formula is C51H105OSi. The van der Waals surface area contributed by atoms with E-state index >= 15 is 0 Å². The van der Waals surface area contributed by atoms with Gasteiger partial charge in [-0.2, -0.15) is 0 Å². The molecule has 0 bridgehead atoms. The van der Waals surface area contributed by atoms with Gasteiger partial charge in [-0.25, -0.2) is 0 Å². The van der Waals surface area contributed by atoms with E-state index in [9.17, 15) is 4.80 Å². The number of hydrogen-bond acceptors (Lipinski definition) is 0. The molecule has 0 saturated heterocycles. The average molecular weight is 762 g/mol. The molecule has 0 aromatic heterocycles. The van der Waals surface area contributed by atoms with E-state index in [0.717, 1.165) is 18.1 Å². The molecule has 0 aliphatic carbocycles. The monoisotopic (exact) mass is 762 g/mol. The summed E-state index contributed by atoms with van der Waals surface area (Å²) in [4.78, 5) is 14.2. The third kappa shape index (κ3) is 44.8. The fourth-order valence-corrected chi connectivity index (χ4v) is 12.3. The zero-order valence-electron chi connectivity index (χ0n) is 37.8. The predicted octanol–water partition coefficient (Wildman–Crippen LogP) is 20.0. The van der Waals surface area contributed by atoms with Crippen molar-refractivity contribution in [3.8, 4) is 0 Å². The van der Waals surface area contributed by atoms with Crippen LogP contribution in [0.3, 0.4) is 0 Å². The van der Waals surface area contributed by atoms with E-state index in [1.165, 1.54) is 289 Å². The summed E-state index contributed by atoms with van der Waals surface area (Å²) in [6.07, 6.45) is 63.6. The Kier molecular flexibility index (Phi) is 46.7. The van der Waals surface area contributed by atoms with Gasteiger partial charge in [0.05, 0.1) is 0 Å². The number of unbranched alkanes of at least 4 members (excludes halogenated alkanes) is 42. The maximum absolute atomic E-state index is 14.2. The Hall–Kier alpha value is 0.177. The summed E-state index contributed by atoms with van der Waals surface area (Å²) in [6, 6.07) is 3.26. The summed E-state index contributed by atoms with van der Waals surface area (Å²) in [6.45, 7) is 6.93. The Bertz CT molecular complexity index is 550. The molecular weight excluding hydrogens is 657 g/mol. The molecule has 0 spiro atoms. The molecule has 0 aliphatic rings. The normalized spacial score (nSPS) is 12.0.